The standard InChI is InChI=1S/C14H18N2O4/c1-10(17)20-9-13(18)16(3)8-11-4-6-12(7-5-11)14(19)15-2/h4-7H,8-9H2,1-3H3,(H,15,19). The van der Waals surface area contributed by atoms with Gasteiger partial charge in [-0.1, -0.05) is 12.1 Å². The van der Waals surface area contributed by atoms with Crippen LogP contribution in [0.5, 0.6) is 0 Å². The van der Waals surface area contributed by atoms with Gasteiger partial charge in [-0.05, 0) is 17.7 Å². The monoisotopic (exact) mass is 278 g/mol. The van der Waals surface area contributed by atoms with Crippen LogP contribution in [0.25, 0.3) is 0 Å². The van der Waals surface area contributed by atoms with Gasteiger partial charge in [0.2, 0.25) is 0 Å². The third-order valence-electron chi connectivity index (χ3n) is 2.69. The number of amides is 2. The average molecular weight is 278 g/mol. The van der Waals surface area contributed by atoms with Crippen LogP contribution in [0.4, 0.5) is 0 Å². The lowest BCUT2D eigenvalue weighted by Crippen LogP contribution is -2.30. The van der Waals surface area contributed by atoms with Gasteiger partial charge in [0, 0.05) is 33.1 Å². The fourth-order valence-corrected chi connectivity index (χ4v) is 1.54. The maximum absolute atomic E-state index is 11.7. The smallest absolute Gasteiger partial charge is 0.303 e. The molecule has 20 heavy (non-hydrogen) atoms. The van der Waals surface area contributed by atoms with Crippen LogP contribution in [-0.2, 0) is 20.9 Å². The average Bonchev–Trinajstić information content (AvgIpc) is 2.44. The van der Waals surface area contributed by atoms with E-state index in [1.807, 2.05) is 0 Å². The second kappa shape index (κ2) is 7.28. The van der Waals surface area contributed by atoms with Gasteiger partial charge in [0.15, 0.2) is 6.61 Å². The van der Waals surface area contributed by atoms with E-state index in [-0.39, 0.29) is 18.4 Å². The molecule has 0 bridgehead atoms. The van der Waals surface area contributed by atoms with Gasteiger partial charge >= 0.3 is 5.97 Å². The maximum atomic E-state index is 11.7. The van der Waals surface area contributed by atoms with E-state index < -0.39 is 5.97 Å². The van der Waals surface area contributed by atoms with Crippen LogP contribution in [0.15, 0.2) is 24.3 Å². The summed E-state index contributed by atoms with van der Waals surface area (Å²) < 4.78 is 4.64. The van der Waals surface area contributed by atoms with Crippen LogP contribution in [0.3, 0.4) is 0 Å². The predicted octanol–water partition coefficient (Wildman–Crippen LogP) is 0.568. The summed E-state index contributed by atoms with van der Waals surface area (Å²) in [6.07, 6.45) is 0. The summed E-state index contributed by atoms with van der Waals surface area (Å²) in [5.41, 5.74) is 1.45. The molecule has 1 aromatic rings. The number of rotatable bonds is 5. The number of nitrogens with one attached hydrogen (secondary N) is 1. The summed E-state index contributed by atoms with van der Waals surface area (Å²) in [5.74, 6) is -0.923. The molecule has 0 aliphatic carbocycles. The molecule has 0 heterocycles. The fourth-order valence-electron chi connectivity index (χ4n) is 1.54. The van der Waals surface area contributed by atoms with Gasteiger partial charge in [-0.2, -0.15) is 0 Å². The summed E-state index contributed by atoms with van der Waals surface area (Å²) in [6.45, 7) is 1.38. The van der Waals surface area contributed by atoms with Gasteiger partial charge in [0.25, 0.3) is 11.8 Å². The van der Waals surface area contributed by atoms with Crippen molar-refractivity contribution in [2.45, 2.75) is 13.5 Å². The number of ether oxygens (including phenoxy) is 1. The number of esters is 1. The Kier molecular flexibility index (Phi) is 5.71. The molecule has 0 aliphatic rings. The summed E-state index contributed by atoms with van der Waals surface area (Å²) in [5, 5.41) is 2.54. The van der Waals surface area contributed by atoms with E-state index in [1.165, 1.54) is 11.8 Å². The molecule has 1 rings (SSSR count). The van der Waals surface area contributed by atoms with Crippen LogP contribution >= 0.6 is 0 Å². The second-order valence-electron chi connectivity index (χ2n) is 4.31. The molecule has 1 N–H and O–H groups in total. The van der Waals surface area contributed by atoms with Gasteiger partial charge in [0.05, 0.1) is 0 Å². The highest BCUT2D eigenvalue weighted by molar-refractivity contribution is 5.93. The third-order valence-corrected chi connectivity index (χ3v) is 2.69. The zero-order valence-electron chi connectivity index (χ0n) is 11.8. The Morgan fingerprint density at radius 3 is 2.30 bits per heavy atom. The molecule has 6 nitrogen and oxygen atoms in total. The van der Waals surface area contributed by atoms with Crippen molar-refractivity contribution >= 4 is 17.8 Å². The first-order chi connectivity index (χ1) is 9.43. The van der Waals surface area contributed by atoms with Crippen LogP contribution < -0.4 is 5.32 Å². The lowest BCUT2D eigenvalue weighted by atomic mass is 10.1. The zero-order valence-corrected chi connectivity index (χ0v) is 11.8. The lowest BCUT2D eigenvalue weighted by molar-refractivity contribution is -0.149. The van der Waals surface area contributed by atoms with E-state index in [0.29, 0.717) is 12.1 Å². The predicted molar refractivity (Wildman–Crippen MR) is 72.9 cm³/mol. The Balaban J connectivity index is 2.57. The molecule has 0 saturated heterocycles. The molecule has 108 valence electrons. The molecular formula is C14H18N2O4. The molecular weight excluding hydrogens is 260 g/mol. The van der Waals surface area contributed by atoms with Crippen molar-refractivity contribution in [2.24, 2.45) is 0 Å². The maximum Gasteiger partial charge on any atom is 0.303 e. The molecule has 0 saturated carbocycles. The van der Waals surface area contributed by atoms with Crippen molar-refractivity contribution in [1.82, 2.24) is 10.2 Å². The summed E-state index contributed by atoms with van der Waals surface area (Å²) in [4.78, 5) is 35.1. The van der Waals surface area contributed by atoms with Crippen molar-refractivity contribution in [3.63, 3.8) is 0 Å². The first kappa shape index (κ1) is 15.7. The molecule has 0 atom stereocenters. The van der Waals surface area contributed by atoms with E-state index in [2.05, 4.69) is 10.1 Å². The highest BCUT2D eigenvalue weighted by atomic mass is 16.5. The molecule has 2 amide bonds. The quantitative estimate of drug-likeness (QED) is 0.799. The van der Waals surface area contributed by atoms with Crippen LogP contribution in [0.1, 0.15) is 22.8 Å². The fraction of sp³-hybridized carbons (Fsp3) is 0.357. The molecule has 0 unspecified atom stereocenters. The topological polar surface area (TPSA) is 75.7 Å². The van der Waals surface area contributed by atoms with Crippen LogP contribution in [0.2, 0.25) is 0 Å². The van der Waals surface area contributed by atoms with Crippen molar-refractivity contribution in [3.8, 4) is 0 Å². The number of hydrogen-bond donors (Lipinski definition) is 1. The molecule has 1 aromatic carbocycles. The van der Waals surface area contributed by atoms with Crippen molar-refractivity contribution in [1.29, 1.82) is 0 Å². The van der Waals surface area contributed by atoms with Gasteiger partial charge in [0.1, 0.15) is 0 Å². The molecule has 0 aromatic heterocycles. The minimum atomic E-state index is -0.485. The number of hydrogen-bond acceptors (Lipinski definition) is 4. The first-order valence-electron chi connectivity index (χ1n) is 6.12. The normalized spacial score (nSPS) is 9.75. The highest BCUT2D eigenvalue weighted by Crippen LogP contribution is 2.07. The van der Waals surface area contributed by atoms with Gasteiger partial charge < -0.3 is 15.0 Å². The zero-order chi connectivity index (χ0) is 15.1. The largest absolute Gasteiger partial charge is 0.456 e. The third kappa shape index (κ3) is 4.72. The SMILES string of the molecule is CNC(=O)c1ccc(CN(C)C(=O)COC(C)=O)cc1. The number of nitrogens with zero attached hydrogens (tertiary/aromatic N) is 1. The van der Waals surface area contributed by atoms with Crippen LogP contribution in [-0.4, -0.2) is 43.4 Å². The van der Waals surface area contributed by atoms with E-state index >= 15 is 0 Å². The Labute approximate surface area is 117 Å². The molecule has 0 radical (unpaired) electrons. The molecule has 6 heteroatoms. The number of benzene rings is 1. The van der Waals surface area contributed by atoms with E-state index in [4.69, 9.17) is 0 Å². The van der Waals surface area contributed by atoms with Gasteiger partial charge in [-0.15, -0.1) is 0 Å². The van der Waals surface area contributed by atoms with Crippen molar-refractivity contribution < 1.29 is 19.1 Å². The van der Waals surface area contributed by atoms with E-state index in [1.54, 1.807) is 38.4 Å². The minimum absolute atomic E-state index is 0.157. The Bertz CT molecular complexity index is 496. The minimum Gasteiger partial charge on any atom is -0.456 e. The molecule has 0 spiro atoms. The molecule has 0 aliphatic heterocycles. The van der Waals surface area contributed by atoms with Crippen molar-refractivity contribution in [3.05, 3.63) is 35.4 Å². The number of likely N-dealkylation sites (N-methyl/N-ethyl adjacent to an activating group) is 1. The first-order valence-corrected chi connectivity index (χ1v) is 6.12. The Morgan fingerprint density at radius 1 is 1.20 bits per heavy atom. The number of carbonyl (C=O) groups is 3. The van der Waals surface area contributed by atoms with Gasteiger partial charge in [-0.3, -0.25) is 14.4 Å². The lowest BCUT2D eigenvalue weighted by Gasteiger charge is -2.17. The van der Waals surface area contributed by atoms with E-state index in [0.717, 1.165) is 5.56 Å². The van der Waals surface area contributed by atoms with Gasteiger partial charge in [-0.25, -0.2) is 0 Å². The van der Waals surface area contributed by atoms with E-state index in [9.17, 15) is 14.4 Å². The Morgan fingerprint density at radius 2 is 1.80 bits per heavy atom. The summed E-state index contributed by atoms with van der Waals surface area (Å²) >= 11 is 0. The van der Waals surface area contributed by atoms with Crippen LogP contribution in [0, 0.1) is 0 Å². The summed E-state index contributed by atoms with van der Waals surface area (Å²) in [7, 11) is 3.19. The highest BCUT2D eigenvalue weighted by Gasteiger charge is 2.11. The second-order valence-corrected chi connectivity index (χ2v) is 4.31. The number of carbonyl (C=O) groups excluding carboxylic acids is 3. The Hall–Kier alpha value is -2.37. The summed E-state index contributed by atoms with van der Waals surface area (Å²) in [6, 6.07) is 6.94. The van der Waals surface area contributed by atoms with Crippen molar-refractivity contribution in [2.75, 3.05) is 20.7 Å². The molecule has 0 fully saturated rings.